The van der Waals surface area contributed by atoms with Crippen molar-refractivity contribution in [1.82, 2.24) is 4.90 Å². The molecule has 0 aromatic heterocycles. The van der Waals surface area contributed by atoms with Gasteiger partial charge in [-0.15, -0.1) is 0 Å². The number of carbonyl (C=O) groups is 1. The first kappa shape index (κ1) is 23.1. The summed E-state index contributed by atoms with van der Waals surface area (Å²) in [4.78, 5) is 29.7. The van der Waals surface area contributed by atoms with Gasteiger partial charge >= 0.3 is 5.97 Å². The smallest absolute Gasteiger partial charge is 0.338 e. The third kappa shape index (κ3) is 4.81. The van der Waals surface area contributed by atoms with Crippen molar-refractivity contribution in [3.8, 4) is 5.75 Å². The minimum Gasteiger partial charge on any atom is -0.488 e. The third-order valence-corrected chi connectivity index (χ3v) is 6.52. The van der Waals surface area contributed by atoms with E-state index in [1.54, 1.807) is 19.1 Å². The lowest BCUT2D eigenvalue weighted by atomic mass is 9.95. The monoisotopic (exact) mass is 529 g/mol. The topological polar surface area (TPSA) is 94.3 Å². The average molecular weight is 530 g/mol. The second-order valence-electron chi connectivity index (χ2n) is 7.23. The summed E-state index contributed by atoms with van der Waals surface area (Å²) in [6, 6.07) is 11.5. The van der Waals surface area contributed by atoms with E-state index in [0.29, 0.717) is 17.0 Å². The SMILES string of the molecule is CCOC(=O)C1=C(C)N=C2SC=CN2[C@H]1c1ccc(OCc2ccc([N+](=O)[O-])cc2)c(Br)c1. The first-order valence-electron chi connectivity index (χ1n) is 10.1. The van der Waals surface area contributed by atoms with Crippen LogP contribution in [0.3, 0.4) is 0 Å². The van der Waals surface area contributed by atoms with Crippen LogP contribution in [-0.2, 0) is 16.1 Å². The van der Waals surface area contributed by atoms with E-state index in [9.17, 15) is 14.9 Å². The fourth-order valence-electron chi connectivity index (χ4n) is 3.58. The van der Waals surface area contributed by atoms with Gasteiger partial charge in [-0.25, -0.2) is 9.79 Å². The van der Waals surface area contributed by atoms with Gasteiger partial charge in [-0.05, 0) is 70.6 Å². The Balaban J connectivity index is 1.58. The first-order valence-corrected chi connectivity index (χ1v) is 11.8. The molecule has 4 rings (SSSR count). The standard InChI is InChI=1S/C23H20BrN3O5S/c1-3-31-22(28)20-14(2)25-23-26(10-11-33-23)21(20)16-6-9-19(18(24)12-16)32-13-15-4-7-17(8-5-15)27(29)30/h4-12,21H,3,13H2,1-2H3/t21-/m0/s1. The number of non-ortho nitro benzene ring substituents is 1. The van der Waals surface area contributed by atoms with Crippen molar-refractivity contribution in [3.05, 3.63) is 91.1 Å². The van der Waals surface area contributed by atoms with Gasteiger partial charge in [-0.2, -0.15) is 0 Å². The Kier molecular flexibility index (Phi) is 6.85. The number of nitro groups is 1. The molecule has 0 fully saturated rings. The van der Waals surface area contributed by atoms with Crippen molar-refractivity contribution in [2.45, 2.75) is 26.5 Å². The molecule has 0 aliphatic carbocycles. The van der Waals surface area contributed by atoms with E-state index >= 15 is 0 Å². The summed E-state index contributed by atoms with van der Waals surface area (Å²) in [5, 5.41) is 13.5. The molecular formula is C23H20BrN3O5S. The summed E-state index contributed by atoms with van der Waals surface area (Å²) in [7, 11) is 0. The fourth-order valence-corrected chi connectivity index (χ4v) is 4.88. The zero-order valence-corrected chi connectivity index (χ0v) is 20.3. The highest BCUT2D eigenvalue weighted by atomic mass is 79.9. The summed E-state index contributed by atoms with van der Waals surface area (Å²) in [6.07, 6.45) is 1.91. The number of esters is 1. The molecule has 2 heterocycles. The quantitative estimate of drug-likeness (QED) is 0.257. The molecular weight excluding hydrogens is 510 g/mol. The van der Waals surface area contributed by atoms with Crippen LogP contribution in [0.2, 0.25) is 0 Å². The highest BCUT2D eigenvalue weighted by Crippen LogP contribution is 2.42. The largest absolute Gasteiger partial charge is 0.488 e. The molecule has 0 spiro atoms. The van der Waals surface area contributed by atoms with Gasteiger partial charge in [0.15, 0.2) is 5.17 Å². The van der Waals surface area contributed by atoms with Crippen molar-refractivity contribution in [1.29, 1.82) is 0 Å². The van der Waals surface area contributed by atoms with Gasteiger partial charge in [0, 0.05) is 18.3 Å². The first-order chi connectivity index (χ1) is 15.9. The minimum atomic E-state index is -0.434. The number of allylic oxidation sites excluding steroid dienone is 1. The average Bonchev–Trinajstić information content (AvgIpc) is 3.25. The molecule has 170 valence electrons. The van der Waals surface area contributed by atoms with Crippen LogP contribution in [0.1, 0.15) is 31.0 Å². The Labute approximate surface area is 203 Å². The Hall–Kier alpha value is -3.11. The second kappa shape index (κ2) is 9.80. The number of thioether (sulfide) groups is 1. The summed E-state index contributed by atoms with van der Waals surface area (Å²) in [5.41, 5.74) is 2.86. The van der Waals surface area contributed by atoms with Crippen LogP contribution in [-0.4, -0.2) is 27.6 Å². The van der Waals surface area contributed by atoms with Crippen molar-refractivity contribution in [2.75, 3.05) is 6.61 Å². The maximum atomic E-state index is 12.8. The summed E-state index contributed by atoms with van der Waals surface area (Å²) in [6.45, 7) is 4.14. The van der Waals surface area contributed by atoms with Gasteiger partial charge in [0.2, 0.25) is 0 Å². The normalized spacial score (nSPS) is 17.0. The van der Waals surface area contributed by atoms with Crippen LogP contribution in [0.5, 0.6) is 5.75 Å². The van der Waals surface area contributed by atoms with Crippen LogP contribution >= 0.6 is 27.7 Å². The third-order valence-electron chi connectivity index (χ3n) is 5.13. The molecule has 2 aromatic carbocycles. The van der Waals surface area contributed by atoms with E-state index in [1.807, 2.05) is 41.6 Å². The summed E-state index contributed by atoms with van der Waals surface area (Å²) >= 11 is 5.08. The van der Waals surface area contributed by atoms with Crippen LogP contribution < -0.4 is 4.74 Å². The van der Waals surface area contributed by atoms with Gasteiger partial charge in [0.25, 0.3) is 5.69 Å². The van der Waals surface area contributed by atoms with Crippen LogP contribution in [0.25, 0.3) is 0 Å². The number of halogens is 1. The lowest BCUT2D eigenvalue weighted by Crippen LogP contribution is -2.34. The molecule has 0 radical (unpaired) electrons. The number of nitro benzene ring substituents is 1. The van der Waals surface area contributed by atoms with E-state index < -0.39 is 4.92 Å². The molecule has 8 nitrogen and oxygen atoms in total. The van der Waals surface area contributed by atoms with Crippen molar-refractivity contribution >= 4 is 44.5 Å². The molecule has 2 aliphatic heterocycles. The second-order valence-corrected chi connectivity index (χ2v) is 8.96. The number of ether oxygens (including phenoxy) is 2. The molecule has 2 aliphatic rings. The molecule has 33 heavy (non-hydrogen) atoms. The molecule has 0 saturated carbocycles. The minimum absolute atomic E-state index is 0.0366. The molecule has 10 heteroatoms. The molecule has 0 amide bonds. The highest BCUT2D eigenvalue weighted by molar-refractivity contribution is 9.10. The number of hydrogen-bond acceptors (Lipinski definition) is 8. The Morgan fingerprint density at radius 2 is 2.03 bits per heavy atom. The van der Waals surface area contributed by atoms with Crippen molar-refractivity contribution in [2.24, 2.45) is 4.99 Å². The molecule has 0 saturated heterocycles. The van der Waals surface area contributed by atoms with Gasteiger partial charge in [0.05, 0.1) is 33.3 Å². The zero-order valence-electron chi connectivity index (χ0n) is 17.9. The number of hydrogen-bond donors (Lipinski definition) is 0. The van der Waals surface area contributed by atoms with Gasteiger partial charge in [-0.3, -0.25) is 10.1 Å². The van der Waals surface area contributed by atoms with E-state index in [4.69, 9.17) is 9.47 Å². The van der Waals surface area contributed by atoms with Crippen LogP contribution in [0, 0.1) is 10.1 Å². The van der Waals surface area contributed by atoms with Gasteiger partial charge in [-0.1, -0.05) is 17.8 Å². The number of amidine groups is 1. The molecule has 0 unspecified atom stereocenters. The number of carbonyl (C=O) groups excluding carboxylic acids is 1. The predicted octanol–water partition coefficient (Wildman–Crippen LogP) is 5.70. The van der Waals surface area contributed by atoms with Crippen molar-refractivity contribution < 1.29 is 19.2 Å². The summed E-state index contributed by atoms with van der Waals surface area (Å²) < 4.78 is 11.9. The van der Waals surface area contributed by atoms with E-state index in [2.05, 4.69) is 20.9 Å². The maximum Gasteiger partial charge on any atom is 0.338 e. The highest BCUT2D eigenvalue weighted by Gasteiger charge is 2.37. The van der Waals surface area contributed by atoms with Gasteiger partial charge in [0.1, 0.15) is 12.4 Å². The fraction of sp³-hybridized carbons (Fsp3) is 0.217. The van der Waals surface area contributed by atoms with E-state index in [1.165, 1.54) is 23.9 Å². The number of aliphatic imine (C=N–C) groups is 1. The van der Waals surface area contributed by atoms with Gasteiger partial charge < -0.3 is 14.4 Å². The van der Waals surface area contributed by atoms with Crippen molar-refractivity contribution in [3.63, 3.8) is 0 Å². The predicted molar refractivity (Wildman–Crippen MR) is 130 cm³/mol. The van der Waals surface area contributed by atoms with E-state index in [-0.39, 0.29) is 30.9 Å². The number of nitrogens with zero attached hydrogens (tertiary/aromatic N) is 3. The maximum absolute atomic E-state index is 12.8. The Morgan fingerprint density at radius 3 is 2.70 bits per heavy atom. The number of benzene rings is 2. The number of rotatable bonds is 7. The van der Waals surface area contributed by atoms with Crippen LogP contribution in [0.4, 0.5) is 5.69 Å². The molecule has 1 atom stereocenters. The van der Waals surface area contributed by atoms with E-state index in [0.717, 1.165) is 20.8 Å². The molecule has 2 aromatic rings. The van der Waals surface area contributed by atoms with Crippen LogP contribution in [0.15, 0.2) is 74.8 Å². The lowest BCUT2D eigenvalue weighted by molar-refractivity contribution is -0.384. The zero-order chi connectivity index (χ0) is 23.5. The Morgan fingerprint density at radius 1 is 1.27 bits per heavy atom. The number of fused-ring (bicyclic) bond motifs is 1. The molecule has 0 N–H and O–H groups in total. The lowest BCUT2D eigenvalue weighted by Gasteiger charge is -2.33. The summed E-state index contributed by atoms with van der Waals surface area (Å²) in [5.74, 6) is 0.231. The Bertz CT molecular complexity index is 1190. The molecule has 0 bridgehead atoms.